The van der Waals surface area contributed by atoms with Crippen molar-refractivity contribution in [2.75, 3.05) is 12.3 Å². The van der Waals surface area contributed by atoms with Crippen molar-refractivity contribution in [2.45, 2.75) is 13.8 Å². The molecule has 1 aromatic heterocycles. The molecule has 5 heteroatoms. The van der Waals surface area contributed by atoms with Gasteiger partial charge < -0.3 is 10.5 Å². The second-order valence-electron chi connectivity index (χ2n) is 3.87. The van der Waals surface area contributed by atoms with Gasteiger partial charge in [0.25, 0.3) is 0 Å². The Labute approximate surface area is 110 Å². The Morgan fingerprint density at radius 2 is 2.22 bits per heavy atom. The van der Waals surface area contributed by atoms with Crippen LogP contribution in [0, 0.1) is 6.92 Å². The zero-order chi connectivity index (χ0) is 13.3. The number of pyridine rings is 1. The van der Waals surface area contributed by atoms with E-state index in [1.165, 1.54) is 6.20 Å². The van der Waals surface area contributed by atoms with Crippen LogP contribution in [0.2, 0.25) is 5.02 Å². The van der Waals surface area contributed by atoms with Crippen molar-refractivity contribution >= 4 is 34.2 Å². The highest BCUT2D eigenvalue weighted by molar-refractivity contribution is 6.32. The van der Waals surface area contributed by atoms with Gasteiger partial charge in [0.15, 0.2) is 0 Å². The number of carbonyl (C=O) groups excluding carboxylic acids is 1. The van der Waals surface area contributed by atoms with E-state index in [2.05, 4.69) is 4.98 Å². The van der Waals surface area contributed by atoms with Crippen molar-refractivity contribution in [3.05, 3.63) is 34.5 Å². The van der Waals surface area contributed by atoms with Gasteiger partial charge >= 0.3 is 5.97 Å². The largest absolute Gasteiger partial charge is 0.462 e. The van der Waals surface area contributed by atoms with Gasteiger partial charge in [-0.1, -0.05) is 11.6 Å². The molecule has 0 atom stereocenters. The van der Waals surface area contributed by atoms with Crippen LogP contribution in [-0.4, -0.2) is 17.6 Å². The molecule has 1 aromatic carbocycles. The Bertz CT molecular complexity index is 626. The van der Waals surface area contributed by atoms with E-state index in [4.69, 9.17) is 22.1 Å². The second-order valence-corrected chi connectivity index (χ2v) is 4.28. The smallest absolute Gasteiger partial charge is 0.341 e. The lowest BCUT2D eigenvalue weighted by Gasteiger charge is -2.10. The van der Waals surface area contributed by atoms with E-state index in [1.807, 2.05) is 6.92 Å². The Kier molecular flexibility index (Phi) is 3.39. The fourth-order valence-electron chi connectivity index (χ4n) is 1.77. The Balaban J connectivity index is 2.65. The van der Waals surface area contributed by atoms with Crippen LogP contribution in [-0.2, 0) is 4.74 Å². The summed E-state index contributed by atoms with van der Waals surface area (Å²) in [6, 6.07) is 3.50. The molecule has 2 N–H and O–H groups in total. The summed E-state index contributed by atoms with van der Waals surface area (Å²) in [6.07, 6.45) is 1.43. The first-order valence-electron chi connectivity index (χ1n) is 5.56. The molecule has 0 saturated heterocycles. The van der Waals surface area contributed by atoms with Crippen LogP contribution >= 0.6 is 11.6 Å². The monoisotopic (exact) mass is 264 g/mol. The summed E-state index contributed by atoms with van der Waals surface area (Å²) in [6.45, 7) is 3.91. The maximum atomic E-state index is 11.7. The van der Waals surface area contributed by atoms with Crippen LogP contribution in [0.1, 0.15) is 22.8 Å². The van der Waals surface area contributed by atoms with Gasteiger partial charge in [-0.25, -0.2) is 4.79 Å². The van der Waals surface area contributed by atoms with Crippen LogP contribution in [0.25, 0.3) is 10.9 Å². The molecule has 0 saturated carbocycles. The summed E-state index contributed by atoms with van der Waals surface area (Å²) in [7, 11) is 0. The van der Waals surface area contributed by atoms with E-state index >= 15 is 0 Å². The topological polar surface area (TPSA) is 65.2 Å². The first kappa shape index (κ1) is 12.6. The van der Waals surface area contributed by atoms with Crippen molar-refractivity contribution in [1.82, 2.24) is 4.98 Å². The number of fused-ring (bicyclic) bond motifs is 1. The van der Waals surface area contributed by atoms with Crippen molar-refractivity contribution in [3.8, 4) is 0 Å². The third-order valence-electron chi connectivity index (χ3n) is 2.76. The number of halogens is 1. The van der Waals surface area contributed by atoms with Gasteiger partial charge in [0.2, 0.25) is 0 Å². The van der Waals surface area contributed by atoms with E-state index in [-0.39, 0.29) is 5.56 Å². The zero-order valence-electron chi connectivity index (χ0n) is 10.2. The maximum Gasteiger partial charge on any atom is 0.341 e. The van der Waals surface area contributed by atoms with Crippen LogP contribution in [0.3, 0.4) is 0 Å². The number of nitrogen functional groups attached to an aromatic ring is 1. The standard InChI is InChI=1S/C13H13ClN2O2/c1-3-18-13(17)9-6-16-12-7(2)10(14)5-4-8(12)11(9)15/h4-6H,3H2,1-2H3,(H2,15,16). The highest BCUT2D eigenvalue weighted by Crippen LogP contribution is 2.29. The van der Waals surface area contributed by atoms with Crippen LogP contribution in [0.15, 0.2) is 18.3 Å². The van der Waals surface area contributed by atoms with Crippen molar-refractivity contribution in [2.24, 2.45) is 0 Å². The maximum absolute atomic E-state index is 11.7. The quantitative estimate of drug-likeness (QED) is 0.847. The minimum absolute atomic E-state index is 0.283. The number of ether oxygens (including phenoxy) is 1. The number of nitrogens with two attached hydrogens (primary N) is 1. The first-order chi connectivity index (χ1) is 8.56. The molecule has 0 aliphatic carbocycles. The molecule has 94 valence electrons. The van der Waals surface area contributed by atoms with Gasteiger partial charge in [0, 0.05) is 16.6 Å². The highest BCUT2D eigenvalue weighted by Gasteiger charge is 2.15. The number of nitrogens with zero attached hydrogens (tertiary/aromatic N) is 1. The molecular weight excluding hydrogens is 252 g/mol. The molecule has 0 unspecified atom stereocenters. The lowest BCUT2D eigenvalue weighted by atomic mass is 10.1. The number of carbonyl (C=O) groups is 1. The molecular formula is C13H13ClN2O2. The van der Waals surface area contributed by atoms with E-state index in [9.17, 15) is 4.79 Å². The number of anilines is 1. The molecule has 1 heterocycles. The molecule has 0 aliphatic heterocycles. The van der Waals surface area contributed by atoms with E-state index in [0.29, 0.717) is 28.2 Å². The third kappa shape index (κ3) is 1.99. The van der Waals surface area contributed by atoms with Crippen LogP contribution < -0.4 is 5.73 Å². The molecule has 4 nitrogen and oxygen atoms in total. The minimum Gasteiger partial charge on any atom is -0.462 e. The molecule has 0 amide bonds. The minimum atomic E-state index is -0.461. The summed E-state index contributed by atoms with van der Waals surface area (Å²) in [5.41, 5.74) is 8.19. The predicted octanol–water partition coefficient (Wildman–Crippen LogP) is 2.96. The van der Waals surface area contributed by atoms with Crippen molar-refractivity contribution in [3.63, 3.8) is 0 Å². The molecule has 2 rings (SSSR count). The summed E-state index contributed by atoms with van der Waals surface area (Å²) in [5, 5.41) is 1.33. The third-order valence-corrected chi connectivity index (χ3v) is 3.17. The highest BCUT2D eigenvalue weighted by atomic mass is 35.5. The number of aromatic nitrogens is 1. The lowest BCUT2D eigenvalue weighted by molar-refractivity contribution is 0.0527. The normalized spacial score (nSPS) is 10.6. The van der Waals surface area contributed by atoms with E-state index in [0.717, 1.165) is 5.56 Å². The molecule has 0 aliphatic rings. The van der Waals surface area contributed by atoms with E-state index in [1.54, 1.807) is 19.1 Å². The van der Waals surface area contributed by atoms with E-state index < -0.39 is 5.97 Å². The predicted molar refractivity (Wildman–Crippen MR) is 71.9 cm³/mol. The average molecular weight is 265 g/mol. The number of hydrogen-bond acceptors (Lipinski definition) is 4. The summed E-state index contributed by atoms with van der Waals surface area (Å²) in [4.78, 5) is 15.9. The fourth-order valence-corrected chi connectivity index (χ4v) is 1.93. The molecule has 18 heavy (non-hydrogen) atoms. The first-order valence-corrected chi connectivity index (χ1v) is 5.94. The van der Waals surface area contributed by atoms with Crippen LogP contribution in [0.5, 0.6) is 0 Å². The number of hydrogen-bond donors (Lipinski definition) is 1. The number of aryl methyl sites for hydroxylation is 1. The Morgan fingerprint density at radius 3 is 2.89 bits per heavy atom. The van der Waals surface area contributed by atoms with Gasteiger partial charge in [-0.3, -0.25) is 4.98 Å². The fraction of sp³-hybridized carbons (Fsp3) is 0.231. The SMILES string of the molecule is CCOC(=O)c1cnc2c(C)c(Cl)ccc2c1N. The summed E-state index contributed by atoms with van der Waals surface area (Å²) >= 11 is 6.02. The second kappa shape index (κ2) is 4.82. The molecule has 0 fully saturated rings. The number of rotatable bonds is 2. The summed E-state index contributed by atoms with van der Waals surface area (Å²) < 4.78 is 4.93. The van der Waals surface area contributed by atoms with Gasteiger partial charge in [-0.2, -0.15) is 0 Å². The van der Waals surface area contributed by atoms with Crippen LogP contribution in [0.4, 0.5) is 5.69 Å². The zero-order valence-corrected chi connectivity index (χ0v) is 10.9. The molecule has 0 radical (unpaired) electrons. The van der Waals surface area contributed by atoms with Gasteiger partial charge in [0.05, 0.1) is 17.8 Å². The molecule has 2 aromatic rings. The summed E-state index contributed by atoms with van der Waals surface area (Å²) in [5.74, 6) is -0.461. The lowest BCUT2D eigenvalue weighted by Crippen LogP contribution is -2.09. The Hall–Kier alpha value is -1.81. The number of benzene rings is 1. The van der Waals surface area contributed by atoms with Gasteiger partial charge in [-0.15, -0.1) is 0 Å². The molecule has 0 bridgehead atoms. The van der Waals surface area contributed by atoms with Crippen molar-refractivity contribution in [1.29, 1.82) is 0 Å². The van der Waals surface area contributed by atoms with Gasteiger partial charge in [-0.05, 0) is 31.5 Å². The Morgan fingerprint density at radius 1 is 1.50 bits per heavy atom. The van der Waals surface area contributed by atoms with Crippen molar-refractivity contribution < 1.29 is 9.53 Å². The molecule has 0 spiro atoms. The number of esters is 1. The average Bonchev–Trinajstić information content (AvgIpc) is 2.34. The van der Waals surface area contributed by atoms with Gasteiger partial charge in [0.1, 0.15) is 5.56 Å².